The summed E-state index contributed by atoms with van der Waals surface area (Å²) < 4.78 is 13.2. The summed E-state index contributed by atoms with van der Waals surface area (Å²) in [5.41, 5.74) is 0.776. The predicted octanol–water partition coefficient (Wildman–Crippen LogP) is 2.77. The number of carboxylic acids is 1. The van der Waals surface area contributed by atoms with E-state index in [2.05, 4.69) is 0 Å². The molecule has 0 saturated carbocycles. The van der Waals surface area contributed by atoms with Crippen LogP contribution in [0.3, 0.4) is 0 Å². The van der Waals surface area contributed by atoms with Gasteiger partial charge in [0.1, 0.15) is 5.82 Å². The minimum atomic E-state index is -0.762. The molecule has 0 amide bonds. The second kappa shape index (κ2) is 5.24. The van der Waals surface area contributed by atoms with E-state index in [0.717, 1.165) is 5.56 Å². The number of carbonyl (C=O) groups is 1. The first kappa shape index (κ1) is 13.3. The lowest BCUT2D eigenvalue weighted by Crippen LogP contribution is -2.32. The first-order valence-corrected chi connectivity index (χ1v) is 6.27. The average molecular weight is 272 g/mol. The quantitative estimate of drug-likeness (QED) is 0.919. The normalized spacial score (nSPS) is 24.4. The van der Waals surface area contributed by atoms with Gasteiger partial charge >= 0.3 is 5.97 Å². The molecule has 1 heterocycles. The van der Waals surface area contributed by atoms with E-state index in [9.17, 15) is 9.18 Å². The van der Waals surface area contributed by atoms with Crippen molar-refractivity contribution >= 4 is 17.6 Å². The van der Waals surface area contributed by atoms with Crippen molar-refractivity contribution in [2.75, 3.05) is 6.54 Å². The maximum absolute atomic E-state index is 13.2. The third kappa shape index (κ3) is 2.82. The zero-order valence-corrected chi connectivity index (χ0v) is 10.8. The molecule has 98 valence electrons. The van der Waals surface area contributed by atoms with Gasteiger partial charge in [0.05, 0.1) is 5.92 Å². The minimum absolute atomic E-state index is 0.0375. The van der Waals surface area contributed by atoms with Gasteiger partial charge in [0.25, 0.3) is 0 Å². The van der Waals surface area contributed by atoms with Crippen LogP contribution in [0.15, 0.2) is 18.2 Å². The molecule has 0 aliphatic carbocycles. The van der Waals surface area contributed by atoms with Gasteiger partial charge in [-0.2, -0.15) is 0 Å². The van der Waals surface area contributed by atoms with Gasteiger partial charge in [0.15, 0.2) is 0 Å². The number of hydrogen-bond donors (Lipinski definition) is 1. The summed E-state index contributed by atoms with van der Waals surface area (Å²) >= 11 is 5.80. The molecule has 5 heteroatoms. The Labute approximate surface area is 110 Å². The fourth-order valence-corrected chi connectivity index (χ4v) is 2.74. The molecule has 1 saturated heterocycles. The maximum atomic E-state index is 13.2. The van der Waals surface area contributed by atoms with Gasteiger partial charge in [0.2, 0.25) is 0 Å². The standard InChI is InChI=1S/C13H15ClFNO2/c1-8-12(13(17)18)2-3-16(8)7-9-4-10(14)6-11(15)5-9/h4-6,8,12H,2-3,7H2,1H3,(H,17,18). The van der Waals surface area contributed by atoms with E-state index >= 15 is 0 Å². The Hall–Kier alpha value is -1.13. The van der Waals surface area contributed by atoms with E-state index in [0.29, 0.717) is 24.5 Å². The second-order valence-electron chi connectivity index (χ2n) is 4.72. The smallest absolute Gasteiger partial charge is 0.308 e. The van der Waals surface area contributed by atoms with Crippen LogP contribution in [0.4, 0.5) is 4.39 Å². The van der Waals surface area contributed by atoms with Crippen LogP contribution in [0.5, 0.6) is 0 Å². The van der Waals surface area contributed by atoms with Crippen molar-refractivity contribution in [2.45, 2.75) is 25.9 Å². The summed E-state index contributed by atoms with van der Waals surface area (Å²) in [5.74, 6) is -1.46. The third-order valence-corrected chi connectivity index (χ3v) is 3.73. The van der Waals surface area contributed by atoms with Gasteiger partial charge in [0, 0.05) is 17.6 Å². The zero-order valence-electron chi connectivity index (χ0n) is 10.1. The van der Waals surface area contributed by atoms with Gasteiger partial charge in [-0.15, -0.1) is 0 Å². The fraction of sp³-hybridized carbons (Fsp3) is 0.462. The lowest BCUT2D eigenvalue weighted by molar-refractivity contribution is -0.142. The summed E-state index contributed by atoms with van der Waals surface area (Å²) in [6.45, 7) is 3.14. The van der Waals surface area contributed by atoms with Gasteiger partial charge in [-0.05, 0) is 43.7 Å². The lowest BCUT2D eigenvalue weighted by atomic mass is 10.0. The van der Waals surface area contributed by atoms with Gasteiger partial charge in [-0.3, -0.25) is 9.69 Å². The van der Waals surface area contributed by atoms with Crippen LogP contribution >= 0.6 is 11.6 Å². The number of halogens is 2. The molecule has 2 atom stereocenters. The molecule has 0 aromatic heterocycles. The third-order valence-electron chi connectivity index (χ3n) is 3.51. The van der Waals surface area contributed by atoms with E-state index in [1.807, 2.05) is 11.8 Å². The molecule has 1 aromatic rings. The second-order valence-corrected chi connectivity index (χ2v) is 5.16. The van der Waals surface area contributed by atoms with Gasteiger partial charge in [-0.25, -0.2) is 4.39 Å². The number of hydrogen-bond acceptors (Lipinski definition) is 2. The molecule has 1 fully saturated rings. The first-order valence-electron chi connectivity index (χ1n) is 5.89. The molecule has 0 bridgehead atoms. The van der Waals surface area contributed by atoms with Crippen LogP contribution in [0, 0.1) is 11.7 Å². The Bertz CT molecular complexity index is 446. The van der Waals surface area contributed by atoms with Crippen molar-refractivity contribution in [3.63, 3.8) is 0 Å². The van der Waals surface area contributed by atoms with Crippen LogP contribution in [0.1, 0.15) is 18.9 Å². The number of rotatable bonds is 3. The zero-order chi connectivity index (χ0) is 13.3. The monoisotopic (exact) mass is 271 g/mol. The largest absolute Gasteiger partial charge is 0.481 e. The highest BCUT2D eigenvalue weighted by atomic mass is 35.5. The van der Waals surface area contributed by atoms with Crippen LogP contribution in [-0.2, 0) is 11.3 Å². The number of likely N-dealkylation sites (tertiary alicyclic amines) is 1. The number of aliphatic carboxylic acids is 1. The molecule has 0 radical (unpaired) electrons. The fourth-order valence-electron chi connectivity index (χ4n) is 2.49. The van der Waals surface area contributed by atoms with Crippen molar-refractivity contribution in [2.24, 2.45) is 5.92 Å². The summed E-state index contributed by atoms with van der Waals surface area (Å²) in [4.78, 5) is 13.1. The molecule has 1 aliphatic heterocycles. The Morgan fingerprint density at radius 2 is 2.28 bits per heavy atom. The molecule has 18 heavy (non-hydrogen) atoms. The molecule has 2 rings (SSSR count). The maximum Gasteiger partial charge on any atom is 0.308 e. The van der Waals surface area contributed by atoms with Crippen molar-refractivity contribution in [3.8, 4) is 0 Å². The van der Waals surface area contributed by atoms with E-state index in [1.54, 1.807) is 6.07 Å². The Balaban J connectivity index is 2.08. The van der Waals surface area contributed by atoms with Gasteiger partial charge < -0.3 is 5.11 Å². The van der Waals surface area contributed by atoms with E-state index in [4.69, 9.17) is 16.7 Å². The molecule has 1 aromatic carbocycles. The van der Waals surface area contributed by atoms with Crippen LogP contribution < -0.4 is 0 Å². The van der Waals surface area contributed by atoms with E-state index < -0.39 is 5.97 Å². The first-order chi connectivity index (χ1) is 8.47. The molecular formula is C13H15ClFNO2. The van der Waals surface area contributed by atoms with Gasteiger partial charge in [-0.1, -0.05) is 11.6 Å². The Morgan fingerprint density at radius 3 is 2.83 bits per heavy atom. The Morgan fingerprint density at radius 1 is 1.56 bits per heavy atom. The van der Waals surface area contributed by atoms with Crippen molar-refractivity contribution in [1.29, 1.82) is 0 Å². The van der Waals surface area contributed by atoms with E-state index in [1.165, 1.54) is 12.1 Å². The summed E-state index contributed by atoms with van der Waals surface area (Å²) in [7, 11) is 0. The highest BCUT2D eigenvalue weighted by molar-refractivity contribution is 6.30. The topological polar surface area (TPSA) is 40.5 Å². The molecule has 3 nitrogen and oxygen atoms in total. The molecule has 1 N–H and O–H groups in total. The summed E-state index contributed by atoms with van der Waals surface area (Å²) in [5, 5.41) is 9.42. The highest BCUT2D eigenvalue weighted by Crippen LogP contribution is 2.26. The highest BCUT2D eigenvalue weighted by Gasteiger charge is 2.35. The lowest BCUT2D eigenvalue weighted by Gasteiger charge is -2.23. The predicted molar refractivity (Wildman–Crippen MR) is 67.0 cm³/mol. The molecule has 0 spiro atoms. The van der Waals surface area contributed by atoms with E-state index in [-0.39, 0.29) is 17.8 Å². The molecule has 1 aliphatic rings. The summed E-state index contributed by atoms with van der Waals surface area (Å²) in [6, 6.07) is 4.38. The van der Waals surface area contributed by atoms with Crippen LogP contribution in [0.2, 0.25) is 5.02 Å². The minimum Gasteiger partial charge on any atom is -0.481 e. The summed E-state index contributed by atoms with van der Waals surface area (Å²) in [6.07, 6.45) is 0.638. The average Bonchev–Trinajstić information content (AvgIpc) is 2.59. The van der Waals surface area contributed by atoms with Crippen LogP contribution in [-0.4, -0.2) is 28.6 Å². The number of nitrogens with zero attached hydrogens (tertiary/aromatic N) is 1. The van der Waals surface area contributed by atoms with Crippen molar-refractivity contribution < 1.29 is 14.3 Å². The Kier molecular flexibility index (Phi) is 3.88. The van der Waals surface area contributed by atoms with Crippen molar-refractivity contribution in [1.82, 2.24) is 4.90 Å². The number of benzene rings is 1. The van der Waals surface area contributed by atoms with Crippen molar-refractivity contribution in [3.05, 3.63) is 34.6 Å². The molecule has 2 unspecified atom stereocenters. The molecular weight excluding hydrogens is 257 g/mol. The number of carboxylic acid groups (broad SMARTS) is 1. The van der Waals surface area contributed by atoms with Crippen LogP contribution in [0.25, 0.3) is 0 Å². The SMILES string of the molecule is CC1C(C(=O)O)CCN1Cc1cc(F)cc(Cl)c1.